The van der Waals surface area contributed by atoms with Gasteiger partial charge in [-0.1, -0.05) is 17.8 Å². The van der Waals surface area contributed by atoms with E-state index in [-0.39, 0.29) is 5.69 Å². The average Bonchev–Trinajstić information content (AvgIpc) is 2.42. The van der Waals surface area contributed by atoms with Crippen LogP contribution in [-0.4, -0.2) is 28.2 Å². The molecule has 0 atom stereocenters. The van der Waals surface area contributed by atoms with E-state index in [9.17, 15) is 4.79 Å². The summed E-state index contributed by atoms with van der Waals surface area (Å²) in [5.74, 6) is 6.27. The molecule has 19 heavy (non-hydrogen) atoms. The van der Waals surface area contributed by atoms with Gasteiger partial charge in [0.15, 0.2) is 5.69 Å². The Balaban J connectivity index is 2.66. The molecule has 1 aromatic carbocycles. The summed E-state index contributed by atoms with van der Waals surface area (Å²) in [6.07, 6.45) is 1.78. The van der Waals surface area contributed by atoms with Crippen LogP contribution in [0.5, 0.6) is 5.75 Å². The number of aryl methyl sites for hydroxylation is 1. The largest absolute Gasteiger partial charge is 0.496 e. The molecule has 0 amide bonds. The third-order valence-corrected chi connectivity index (χ3v) is 3.30. The monoisotopic (exact) mass is 278 g/mol. The lowest BCUT2D eigenvalue weighted by Gasteiger charge is -2.09. The second-order valence-electron chi connectivity index (χ2n) is 3.91. The van der Waals surface area contributed by atoms with Gasteiger partial charge in [0.05, 0.1) is 7.11 Å². The number of nitrogen functional groups attached to an aromatic ring is 1. The fraction of sp³-hybridized carbons (Fsp3) is 0.250. The standard InChI is InChI=1S/C12H14N4O2S/c1-7-4-5-8(9(6-7)18-2)10-11(17)16(13)12(19-3)15-14-10/h4-6H,13H2,1-3H3. The Morgan fingerprint density at radius 1 is 1.37 bits per heavy atom. The highest BCUT2D eigenvalue weighted by atomic mass is 32.2. The van der Waals surface area contributed by atoms with E-state index in [1.807, 2.05) is 19.1 Å². The molecule has 100 valence electrons. The molecule has 0 saturated heterocycles. The first-order chi connectivity index (χ1) is 9.08. The molecule has 0 fully saturated rings. The molecule has 0 aliphatic heterocycles. The number of ether oxygens (including phenoxy) is 1. The number of aromatic nitrogens is 3. The van der Waals surface area contributed by atoms with Gasteiger partial charge < -0.3 is 10.6 Å². The molecule has 0 spiro atoms. The van der Waals surface area contributed by atoms with E-state index in [0.29, 0.717) is 16.5 Å². The predicted molar refractivity (Wildman–Crippen MR) is 74.9 cm³/mol. The molecule has 0 saturated carbocycles. The SMILES string of the molecule is COc1cc(C)ccc1-c1nnc(SC)n(N)c1=O. The summed E-state index contributed by atoms with van der Waals surface area (Å²) >= 11 is 1.26. The van der Waals surface area contributed by atoms with Gasteiger partial charge in [0.1, 0.15) is 5.75 Å². The maximum atomic E-state index is 12.2. The molecule has 2 rings (SSSR count). The number of benzene rings is 1. The summed E-state index contributed by atoms with van der Waals surface area (Å²) < 4.78 is 6.26. The fourth-order valence-corrected chi connectivity index (χ4v) is 2.09. The Hall–Kier alpha value is -2.02. The maximum Gasteiger partial charge on any atom is 0.299 e. The van der Waals surface area contributed by atoms with Gasteiger partial charge in [0, 0.05) is 5.56 Å². The topological polar surface area (TPSA) is 83.0 Å². The van der Waals surface area contributed by atoms with E-state index in [1.54, 1.807) is 19.4 Å². The van der Waals surface area contributed by atoms with Crippen LogP contribution < -0.4 is 16.1 Å². The second kappa shape index (κ2) is 5.31. The summed E-state index contributed by atoms with van der Waals surface area (Å²) in [6.45, 7) is 1.94. The van der Waals surface area contributed by atoms with E-state index in [2.05, 4.69) is 10.2 Å². The number of hydrogen-bond acceptors (Lipinski definition) is 6. The smallest absolute Gasteiger partial charge is 0.299 e. The van der Waals surface area contributed by atoms with Crippen molar-refractivity contribution in [3.63, 3.8) is 0 Å². The Labute approximate surface area is 114 Å². The first-order valence-electron chi connectivity index (χ1n) is 5.52. The van der Waals surface area contributed by atoms with Crippen LogP contribution in [0, 0.1) is 6.92 Å². The molecule has 7 heteroatoms. The van der Waals surface area contributed by atoms with Crippen LogP contribution in [0.3, 0.4) is 0 Å². The van der Waals surface area contributed by atoms with E-state index in [4.69, 9.17) is 10.6 Å². The van der Waals surface area contributed by atoms with Crippen LogP contribution in [0.4, 0.5) is 0 Å². The van der Waals surface area contributed by atoms with Crippen molar-refractivity contribution in [3.05, 3.63) is 34.1 Å². The van der Waals surface area contributed by atoms with E-state index < -0.39 is 5.56 Å². The molecule has 6 nitrogen and oxygen atoms in total. The zero-order chi connectivity index (χ0) is 14.0. The summed E-state index contributed by atoms with van der Waals surface area (Å²) in [5, 5.41) is 8.24. The van der Waals surface area contributed by atoms with Crippen molar-refractivity contribution >= 4 is 11.8 Å². The van der Waals surface area contributed by atoms with E-state index in [1.165, 1.54) is 11.8 Å². The minimum Gasteiger partial charge on any atom is -0.496 e. The minimum absolute atomic E-state index is 0.178. The number of methoxy groups -OCH3 is 1. The predicted octanol–water partition coefficient (Wildman–Crippen LogP) is 1.06. The lowest BCUT2D eigenvalue weighted by molar-refractivity contribution is 0.415. The first-order valence-corrected chi connectivity index (χ1v) is 6.74. The van der Waals surface area contributed by atoms with Crippen molar-refractivity contribution < 1.29 is 4.74 Å². The average molecular weight is 278 g/mol. The molecule has 0 aliphatic carbocycles. The van der Waals surface area contributed by atoms with Crippen molar-refractivity contribution in [1.29, 1.82) is 0 Å². The second-order valence-corrected chi connectivity index (χ2v) is 4.69. The lowest BCUT2D eigenvalue weighted by Crippen LogP contribution is -2.32. The van der Waals surface area contributed by atoms with Crippen LogP contribution in [0.1, 0.15) is 5.56 Å². The van der Waals surface area contributed by atoms with Gasteiger partial charge in [-0.15, -0.1) is 10.2 Å². The van der Waals surface area contributed by atoms with Gasteiger partial charge in [0.2, 0.25) is 5.16 Å². The van der Waals surface area contributed by atoms with Gasteiger partial charge >= 0.3 is 0 Å². The zero-order valence-electron chi connectivity index (χ0n) is 10.9. The Kier molecular flexibility index (Phi) is 3.75. The van der Waals surface area contributed by atoms with Crippen LogP contribution in [-0.2, 0) is 0 Å². The molecular weight excluding hydrogens is 264 g/mol. The maximum absolute atomic E-state index is 12.2. The van der Waals surface area contributed by atoms with E-state index in [0.717, 1.165) is 10.2 Å². The zero-order valence-corrected chi connectivity index (χ0v) is 11.7. The van der Waals surface area contributed by atoms with Gasteiger partial charge in [-0.25, -0.2) is 0 Å². The number of rotatable bonds is 3. The number of thioether (sulfide) groups is 1. The summed E-state index contributed by atoms with van der Waals surface area (Å²) in [4.78, 5) is 12.2. The van der Waals surface area contributed by atoms with Gasteiger partial charge in [0.25, 0.3) is 5.56 Å². The lowest BCUT2D eigenvalue weighted by atomic mass is 10.1. The molecule has 1 aromatic heterocycles. The Morgan fingerprint density at radius 2 is 2.11 bits per heavy atom. The minimum atomic E-state index is -0.401. The van der Waals surface area contributed by atoms with Crippen LogP contribution in [0.15, 0.2) is 28.2 Å². The van der Waals surface area contributed by atoms with Crippen molar-refractivity contribution in [2.24, 2.45) is 0 Å². The molecule has 0 bridgehead atoms. The third-order valence-electron chi connectivity index (χ3n) is 2.66. The summed E-state index contributed by atoms with van der Waals surface area (Å²) in [6, 6.07) is 5.49. The van der Waals surface area contributed by atoms with Crippen LogP contribution >= 0.6 is 11.8 Å². The highest BCUT2D eigenvalue weighted by Crippen LogP contribution is 2.27. The Morgan fingerprint density at radius 3 is 2.74 bits per heavy atom. The van der Waals surface area contributed by atoms with E-state index >= 15 is 0 Å². The Bertz CT molecular complexity index is 669. The fourth-order valence-electron chi connectivity index (χ4n) is 1.69. The van der Waals surface area contributed by atoms with Crippen molar-refractivity contribution in [2.45, 2.75) is 12.1 Å². The molecular formula is C12H14N4O2S. The molecule has 2 aromatic rings. The molecule has 2 N–H and O–H groups in total. The number of nitrogens with zero attached hydrogens (tertiary/aromatic N) is 3. The summed E-state index contributed by atoms with van der Waals surface area (Å²) in [7, 11) is 1.54. The van der Waals surface area contributed by atoms with Crippen molar-refractivity contribution in [1.82, 2.24) is 14.9 Å². The highest BCUT2D eigenvalue weighted by Gasteiger charge is 2.15. The first kappa shape index (κ1) is 13.4. The summed E-state index contributed by atoms with van der Waals surface area (Å²) in [5.41, 5.74) is 1.39. The molecule has 0 unspecified atom stereocenters. The van der Waals surface area contributed by atoms with Gasteiger partial charge in [-0.2, -0.15) is 4.68 Å². The normalized spacial score (nSPS) is 10.5. The van der Waals surface area contributed by atoms with Crippen molar-refractivity contribution in [3.8, 4) is 17.0 Å². The third kappa shape index (κ3) is 2.41. The van der Waals surface area contributed by atoms with Crippen molar-refractivity contribution in [2.75, 3.05) is 19.2 Å². The van der Waals surface area contributed by atoms with Gasteiger partial charge in [-0.05, 0) is 30.9 Å². The quantitative estimate of drug-likeness (QED) is 0.667. The van der Waals surface area contributed by atoms with Gasteiger partial charge in [-0.3, -0.25) is 4.79 Å². The van der Waals surface area contributed by atoms with Crippen LogP contribution in [0.25, 0.3) is 11.3 Å². The van der Waals surface area contributed by atoms with Crippen LogP contribution in [0.2, 0.25) is 0 Å². The highest BCUT2D eigenvalue weighted by molar-refractivity contribution is 7.98. The molecule has 0 aliphatic rings. The molecule has 0 radical (unpaired) electrons. The number of hydrogen-bond donors (Lipinski definition) is 1. The number of nitrogens with two attached hydrogens (primary N) is 1. The molecule has 1 heterocycles.